The Labute approximate surface area is 145 Å². The summed E-state index contributed by atoms with van der Waals surface area (Å²) in [5, 5.41) is 12.5. The van der Waals surface area contributed by atoms with Crippen LogP contribution in [0.2, 0.25) is 0 Å². The summed E-state index contributed by atoms with van der Waals surface area (Å²) in [5.74, 6) is -1.08. The second kappa shape index (κ2) is 8.17. The number of nitrogens with two attached hydrogens (primary N) is 1. The van der Waals surface area contributed by atoms with Crippen LogP contribution in [0.5, 0.6) is 0 Å². The van der Waals surface area contributed by atoms with Crippen LogP contribution in [0.4, 0.5) is 13.2 Å². The first-order valence-corrected chi connectivity index (χ1v) is 7.30. The maximum absolute atomic E-state index is 13.3. The Morgan fingerprint density at radius 3 is 2.42 bits per heavy atom. The highest BCUT2D eigenvalue weighted by Crippen LogP contribution is 2.40. The summed E-state index contributed by atoms with van der Waals surface area (Å²) in [6.45, 7) is 2.99. The number of hydrogen-bond donors (Lipinski definition) is 3. The number of halogens is 4. The van der Waals surface area contributed by atoms with Gasteiger partial charge in [-0.25, -0.2) is 4.98 Å². The van der Waals surface area contributed by atoms with Gasteiger partial charge in [0, 0.05) is 32.4 Å². The van der Waals surface area contributed by atoms with Crippen LogP contribution in [0.3, 0.4) is 0 Å². The minimum absolute atomic E-state index is 0. The smallest absolute Gasteiger partial charge is 0.374 e. The zero-order chi connectivity index (χ0) is 17.9. The van der Waals surface area contributed by atoms with Gasteiger partial charge in [0.1, 0.15) is 5.82 Å². The molecule has 0 bridgehead atoms. The van der Waals surface area contributed by atoms with E-state index in [2.05, 4.69) is 10.3 Å². The molecular weight excluding hydrogens is 349 g/mol. The summed E-state index contributed by atoms with van der Waals surface area (Å²) < 4.78 is 41.0. The van der Waals surface area contributed by atoms with E-state index in [0.717, 1.165) is 4.57 Å². The minimum atomic E-state index is -4.92. The number of nitrogens with one attached hydrogen (secondary N) is 1. The number of aryl methyl sites for hydroxylation is 1. The van der Waals surface area contributed by atoms with Gasteiger partial charge in [0.2, 0.25) is 11.5 Å². The Bertz CT molecular complexity index is 548. The van der Waals surface area contributed by atoms with Gasteiger partial charge < -0.3 is 20.7 Å². The first-order chi connectivity index (χ1) is 10.5. The number of carbonyl (C=O) groups is 1. The summed E-state index contributed by atoms with van der Waals surface area (Å²) in [6, 6.07) is 0. The Morgan fingerprint density at radius 2 is 2.00 bits per heavy atom. The maximum Gasteiger partial charge on any atom is 0.424 e. The second-order valence-electron chi connectivity index (χ2n) is 5.89. The van der Waals surface area contributed by atoms with Crippen LogP contribution < -0.4 is 11.1 Å². The molecule has 0 saturated carbocycles. The predicted octanol–water partition coefficient (Wildman–Crippen LogP) is 1.62. The van der Waals surface area contributed by atoms with E-state index < -0.39 is 35.5 Å². The summed E-state index contributed by atoms with van der Waals surface area (Å²) >= 11 is 0. The third kappa shape index (κ3) is 4.84. The van der Waals surface area contributed by atoms with Crippen molar-refractivity contribution in [3.63, 3.8) is 0 Å². The molecule has 1 heterocycles. The molecule has 0 aliphatic heterocycles. The van der Waals surface area contributed by atoms with Gasteiger partial charge in [0.05, 0.1) is 5.54 Å². The lowest BCUT2D eigenvalue weighted by molar-refractivity contribution is -0.272. The fourth-order valence-electron chi connectivity index (χ4n) is 2.34. The molecule has 1 rings (SSSR count). The zero-order valence-electron chi connectivity index (χ0n) is 13.9. The monoisotopic (exact) mass is 372 g/mol. The molecule has 1 amide bonds. The van der Waals surface area contributed by atoms with Gasteiger partial charge >= 0.3 is 6.18 Å². The molecular formula is C14H24ClF3N4O2. The van der Waals surface area contributed by atoms with E-state index in [1.165, 1.54) is 26.4 Å². The maximum atomic E-state index is 13.3. The molecule has 2 unspecified atom stereocenters. The first-order valence-electron chi connectivity index (χ1n) is 7.30. The SMILES string of the molecule is CCCC(C)(N)C(=O)NCCC(O)(c1nccn1C)C(F)(F)F.Cl. The van der Waals surface area contributed by atoms with Crippen molar-refractivity contribution in [1.82, 2.24) is 14.9 Å². The molecule has 24 heavy (non-hydrogen) atoms. The van der Waals surface area contributed by atoms with Crippen molar-refractivity contribution in [2.75, 3.05) is 6.54 Å². The van der Waals surface area contributed by atoms with Crippen molar-refractivity contribution in [2.45, 2.75) is 50.4 Å². The van der Waals surface area contributed by atoms with Crippen molar-refractivity contribution in [1.29, 1.82) is 0 Å². The zero-order valence-corrected chi connectivity index (χ0v) is 14.7. The molecule has 0 aliphatic carbocycles. The second-order valence-corrected chi connectivity index (χ2v) is 5.89. The molecule has 2 atom stereocenters. The molecule has 0 aliphatic rings. The Hall–Kier alpha value is -1.32. The highest BCUT2D eigenvalue weighted by Gasteiger charge is 2.57. The van der Waals surface area contributed by atoms with Gasteiger partial charge in [-0.05, 0) is 13.3 Å². The van der Waals surface area contributed by atoms with E-state index in [4.69, 9.17) is 5.73 Å². The van der Waals surface area contributed by atoms with Crippen LogP contribution in [0.1, 0.15) is 38.9 Å². The molecule has 1 aromatic rings. The molecule has 0 radical (unpaired) electrons. The molecule has 0 spiro atoms. The number of rotatable bonds is 7. The Balaban J connectivity index is 0.00000529. The third-order valence-corrected chi connectivity index (χ3v) is 3.72. The minimum Gasteiger partial charge on any atom is -0.374 e. The average molecular weight is 373 g/mol. The molecule has 6 nitrogen and oxygen atoms in total. The van der Waals surface area contributed by atoms with Crippen molar-refractivity contribution in [2.24, 2.45) is 12.8 Å². The number of nitrogens with zero attached hydrogens (tertiary/aromatic N) is 2. The van der Waals surface area contributed by atoms with E-state index in [0.29, 0.717) is 12.8 Å². The summed E-state index contributed by atoms with van der Waals surface area (Å²) in [7, 11) is 1.36. The Kier molecular flexibility index (Phi) is 7.72. The summed E-state index contributed by atoms with van der Waals surface area (Å²) in [6.07, 6.45) is -2.13. The van der Waals surface area contributed by atoms with Crippen LogP contribution in [-0.4, -0.2) is 38.8 Å². The van der Waals surface area contributed by atoms with Crippen molar-refractivity contribution >= 4 is 18.3 Å². The van der Waals surface area contributed by atoms with Crippen LogP contribution in [-0.2, 0) is 17.4 Å². The van der Waals surface area contributed by atoms with Gasteiger partial charge in [-0.2, -0.15) is 13.2 Å². The van der Waals surface area contributed by atoms with E-state index in [9.17, 15) is 23.1 Å². The molecule has 4 N–H and O–H groups in total. The van der Waals surface area contributed by atoms with E-state index >= 15 is 0 Å². The number of aliphatic hydroxyl groups is 1. The molecule has 10 heteroatoms. The summed E-state index contributed by atoms with van der Waals surface area (Å²) in [4.78, 5) is 15.5. The Morgan fingerprint density at radius 1 is 1.42 bits per heavy atom. The standard InChI is InChI=1S/C14H23F3N4O2.ClH/c1-4-5-12(2,18)11(22)20-7-6-13(23,14(15,16)17)10-19-8-9-21(10)3;/h8-9,23H,4-7,18H2,1-3H3,(H,20,22);1H. The molecule has 0 aromatic carbocycles. The number of imidazole rings is 1. The number of alkyl halides is 3. The van der Waals surface area contributed by atoms with E-state index in [1.807, 2.05) is 6.92 Å². The van der Waals surface area contributed by atoms with Crippen molar-refractivity contribution in [3.05, 3.63) is 18.2 Å². The lowest BCUT2D eigenvalue weighted by atomic mass is 9.95. The van der Waals surface area contributed by atoms with Gasteiger partial charge in [0.15, 0.2) is 0 Å². The lowest BCUT2D eigenvalue weighted by Gasteiger charge is -2.30. The van der Waals surface area contributed by atoms with E-state index in [-0.39, 0.29) is 19.0 Å². The van der Waals surface area contributed by atoms with Crippen molar-refractivity contribution in [3.8, 4) is 0 Å². The van der Waals surface area contributed by atoms with Crippen LogP contribution in [0.25, 0.3) is 0 Å². The topological polar surface area (TPSA) is 93.2 Å². The fraction of sp³-hybridized carbons (Fsp3) is 0.714. The number of carbonyl (C=O) groups excluding carboxylic acids is 1. The number of amides is 1. The average Bonchev–Trinajstić information content (AvgIpc) is 2.83. The highest BCUT2D eigenvalue weighted by atomic mass is 35.5. The first kappa shape index (κ1) is 22.7. The normalized spacial score (nSPS) is 16.7. The van der Waals surface area contributed by atoms with Crippen LogP contribution >= 0.6 is 12.4 Å². The highest BCUT2D eigenvalue weighted by molar-refractivity contribution is 5.85. The van der Waals surface area contributed by atoms with Gasteiger partial charge in [-0.3, -0.25) is 4.79 Å². The summed E-state index contributed by atoms with van der Waals surface area (Å²) in [5.41, 5.74) is 1.51. The molecule has 1 aromatic heterocycles. The van der Waals surface area contributed by atoms with Crippen molar-refractivity contribution < 1.29 is 23.1 Å². The van der Waals surface area contributed by atoms with Gasteiger partial charge in [-0.15, -0.1) is 12.4 Å². The predicted molar refractivity (Wildman–Crippen MR) is 85.5 cm³/mol. The quantitative estimate of drug-likeness (QED) is 0.678. The van der Waals surface area contributed by atoms with Crippen LogP contribution in [0, 0.1) is 0 Å². The van der Waals surface area contributed by atoms with Gasteiger partial charge in [0.25, 0.3) is 0 Å². The molecule has 140 valence electrons. The largest absolute Gasteiger partial charge is 0.424 e. The van der Waals surface area contributed by atoms with Gasteiger partial charge in [-0.1, -0.05) is 13.3 Å². The molecule has 0 fully saturated rings. The van der Waals surface area contributed by atoms with Crippen LogP contribution in [0.15, 0.2) is 12.4 Å². The number of aromatic nitrogens is 2. The fourth-order valence-corrected chi connectivity index (χ4v) is 2.34. The molecule has 0 saturated heterocycles. The number of hydrogen-bond acceptors (Lipinski definition) is 4. The van der Waals surface area contributed by atoms with E-state index in [1.54, 1.807) is 0 Å². The third-order valence-electron chi connectivity index (χ3n) is 3.72. The lowest BCUT2D eigenvalue weighted by Crippen LogP contribution is -2.53.